The minimum atomic E-state index is -0.786. The van der Waals surface area contributed by atoms with E-state index in [1.807, 2.05) is 0 Å². The highest BCUT2D eigenvalue weighted by Crippen LogP contribution is 2.15. The topological polar surface area (TPSA) is 78.9 Å². The molecule has 0 aromatic carbocycles. The number of esters is 3. The van der Waals surface area contributed by atoms with Gasteiger partial charge in [0.2, 0.25) is 0 Å². The molecule has 0 aromatic heterocycles. The van der Waals surface area contributed by atoms with Gasteiger partial charge in [0.05, 0.1) is 0 Å². The molecular weight excluding hydrogens is 781 g/mol. The van der Waals surface area contributed by atoms with Crippen molar-refractivity contribution in [1.29, 1.82) is 0 Å². The molecule has 0 saturated carbocycles. The van der Waals surface area contributed by atoms with E-state index in [0.717, 1.165) is 109 Å². The molecule has 0 aliphatic carbocycles. The first-order valence-corrected chi connectivity index (χ1v) is 26.5. The predicted octanol–water partition coefficient (Wildman–Crippen LogP) is 17.4. The van der Waals surface area contributed by atoms with Crippen LogP contribution in [0.2, 0.25) is 0 Å². The molecule has 0 N–H and O–H groups in total. The molecule has 0 spiro atoms. The Balaban J connectivity index is 4.36. The van der Waals surface area contributed by atoms with Crippen molar-refractivity contribution < 1.29 is 28.6 Å². The van der Waals surface area contributed by atoms with E-state index < -0.39 is 6.10 Å². The molecule has 0 heterocycles. The maximum Gasteiger partial charge on any atom is 0.306 e. The van der Waals surface area contributed by atoms with E-state index in [-0.39, 0.29) is 31.1 Å². The van der Waals surface area contributed by atoms with Gasteiger partial charge in [0.25, 0.3) is 0 Å². The van der Waals surface area contributed by atoms with Gasteiger partial charge in [0.15, 0.2) is 6.10 Å². The second kappa shape index (κ2) is 51.5. The number of carbonyl (C=O) groups excluding carboxylic acids is 3. The average Bonchev–Trinajstić information content (AvgIpc) is 3.28. The largest absolute Gasteiger partial charge is 0.462 e. The predicted molar refractivity (Wildman–Crippen MR) is 270 cm³/mol. The summed E-state index contributed by atoms with van der Waals surface area (Å²) >= 11 is 0. The van der Waals surface area contributed by atoms with Crippen LogP contribution in [0.5, 0.6) is 0 Å². The van der Waals surface area contributed by atoms with Crippen LogP contribution in [0.25, 0.3) is 0 Å². The maximum atomic E-state index is 12.8. The molecule has 0 aliphatic heterocycles. The van der Waals surface area contributed by atoms with Gasteiger partial charge in [0, 0.05) is 19.3 Å². The molecule has 362 valence electrons. The SMILES string of the molecule is CC/C=C\C/C=C\CCCCCCCCCC(=O)OC(COC(=O)CCCCCCC/C=C\C/C=C\CC)COC(=O)CCCCCCCCCCCC/C=C\C=C/CCCCC. The number of hydrogen-bond acceptors (Lipinski definition) is 6. The van der Waals surface area contributed by atoms with Gasteiger partial charge in [-0.25, -0.2) is 0 Å². The highest BCUT2D eigenvalue weighted by Gasteiger charge is 2.19. The van der Waals surface area contributed by atoms with Crippen LogP contribution in [0.1, 0.15) is 252 Å². The maximum absolute atomic E-state index is 12.8. The fraction of sp³-hybridized carbons (Fsp3) is 0.737. The second-order valence-corrected chi connectivity index (χ2v) is 17.4. The fourth-order valence-corrected chi connectivity index (χ4v) is 7.27. The zero-order valence-electron chi connectivity index (χ0n) is 41.3. The summed E-state index contributed by atoms with van der Waals surface area (Å²) in [6, 6.07) is 0. The lowest BCUT2D eigenvalue weighted by Gasteiger charge is -2.18. The molecule has 1 atom stereocenters. The van der Waals surface area contributed by atoms with Crippen LogP contribution in [0.3, 0.4) is 0 Å². The van der Waals surface area contributed by atoms with Gasteiger partial charge in [-0.15, -0.1) is 0 Å². The summed E-state index contributed by atoms with van der Waals surface area (Å²) in [5.41, 5.74) is 0. The molecule has 6 heteroatoms. The Hall–Kier alpha value is -3.15. The van der Waals surface area contributed by atoms with Crippen molar-refractivity contribution in [3.63, 3.8) is 0 Å². The van der Waals surface area contributed by atoms with Crippen molar-refractivity contribution in [3.8, 4) is 0 Å². The summed E-state index contributed by atoms with van der Waals surface area (Å²) in [4.78, 5) is 38.0. The Kier molecular flexibility index (Phi) is 48.9. The van der Waals surface area contributed by atoms with Gasteiger partial charge in [-0.1, -0.05) is 209 Å². The third kappa shape index (κ3) is 49.7. The van der Waals surface area contributed by atoms with Crippen LogP contribution in [-0.2, 0) is 28.6 Å². The van der Waals surface area contributed by atoms with Crippen molar-refractivity contribution in [2.75, 3.05) is 13.2 Å². The van der Waals surface area contributed by atoms with Crippen LogP contribution in [0.15, 0.2) is 72.9 Å². The Labute approximate surface area is 389 Å². The van der Waals surface area contributed by atoms with Gasteiger partial charge in [-0.2, -0.15) is 0 Å². The zero-order valence-corrected chi connectivity index (χ0v) is 41.3. The number of carbonyl (C=O) groups is 3. The van der Waals surface area contributed by atoms with Gasteiger partial charge in [0.1, 0.15) is 13.2 Å². The summed E-state index contributed by atoms with van der Waals surface area (Å²) in [5, 5.41) is 0. The van der Waals surface area contributed by atoms with Crippen LogP contribution >= 0.6 is 0 Å². The molecular formula is C57H98O6. The summed E-state index contributed by atoms with van der Waals surface area (Å²) in [7, 11) is 0. The second-order valence-electron chi connectivity index (χ2n) is 17.4. The summed E-state index contributed by atoms with van der Waals surface area (Å²) in [6.45, 7) is 6.38. The monoisotopic (exact) mass is 879 g/mol. The first kappa shape index (κ1) is 59.9. The molecule has 0 saturated heterocycles. The zero-order chi connectivity index (χ0) is 45.8. The standard InChI is InChI=1S/C57H98O6/c1-4-7-10-13-16-19-22-25-27-28-29-30-31-33-35-38-41-44-47-50-56(59)62-53-54(52-61-55(58)49-46-43-40-37-34-24-21-18-15-12-9-6-3)63-57(60)51-48-45-42-39-36-32-26-23-20-17-14-11-8-5-2/h8-9,11-12,16-22,25,54H,4-7,10,13-15,23-24,26-53H2,1-3H3/b11-8-,12-9-,19-16-,20-17-,21-18-,25-22-. The normalized spacial score (nSPS) is 12.6. The van der Waals surface area contributed by atoms with Crippen LogP contribution < -0.4 is 0 Å². The van der Waals surface area contributed by atoms with Crippen molar-refractivity contribution in [2.24, 2.45) is 0 Å². The van der Waals surface area contributed by atoms with Crippen molar-refractivity contribution in [1.82, 2.24) is 0 Å². The third-order valence-corrected chi connectivity index (χ3v) is 11.2. The van der Waals surface area contributed by atoms with Crippen LogP contribution in [-0.4, -0.2) is 37.2 Å². The van der Waals surface area contributed by atoms with E-state index >= 15 is 0 Å². The quantitative estimate of drug-likeness (QED) is 0.0199. The first-order valence-electron chi connectivity index (χ1n) is 26.5. The molecule has 6 nitrogen and oxygen atoms in total. The lowest BCUT2D eigenvalue weighted by molar-refractivity contribution is -0.167. The Bertz CT molecular complexity index is 1190. The number of unbranched alkanes of at least 4 members (excludes halogenated alkanes) is 25. The van der Waals surface area contributed by atoms with Gasteiger partial charge >= 0.3 is 17.9 Å². The highest BCUT2D eigenvalue weighted by atomic mass is 16.6. The smallest absolute Gasteiger partial charge is 0.306 e. The van der Waals surface area contributed by atoms with Gasteiger partial charge < -0.3 is 14.2 Å². The van der Waals surface area contributed by atoms with E-state index in [0.29, 0.717) is 19.3 Å². The van der Waals surface area contributed by atoms with E-state index in [4.69, 9.17) is 14.2 Å². The van der Waals surface area contributed by atoms with E-state index in [9.17, 15) is 14.4 Å². The van der Waals surface area contributed by atoms with Crippen molar-refractivity contribution in [3.05, 3.63) is 72.9 Å². The fourth-order valence-electron chi connectivity index (χ4n) is 7.27. The molecule has 0 aromatic rings. The Morgan fingerprint density at radius 3 is 1.05 bits per heavy atom. The molecule has 0 aliphatic rings. The molecule has 0 rings (SSSR count). The number of hydrogen-bond donors (Lipinski definition) is 0. The van der Waals surface area contributed by atoms with Gasteiger partial charge in [-0.05, 0) is 96.3 Å². The lowest BCUT2D eigenvalue weighted by Crippen LogP contribution is -2.30. The summed E-state index contributed by atoms with van der Waals surface area (Å²) in [5.74, 6) is -0.910. The molecule has 0 radical (unpaired) electrons. The third-order valence-electron chi connectivity index (χ3n) is 11.2. The number of allylic oxidation sites excluding steroid dienone is 12. The molecule has 1 unspecified atom stereocenters. The van der Waals surface area contributed by atoms with Crippen LogP contribution in [0.4, 0.5) is 0 Å². The van der Waals surface area contributed by atoms with Crippen molar-refractivity contribution in [2.45, 2.75) is 258 Å². The molecule has 0 amide bonds. The summed E-state index contributed by atoms with van der Waals surface area (Å²) in [6.07, 6.45) is 64.6. The van der Waals surface area contributed by atoms with Crippen molar-refractivity contribution >= 4 is 17.9 Å². The minimum Gasteiger partial charge on any atom is -0.462 e. The number of ether oxygens (including phenoxy) is 3. The first-order chi connectivity index (χ1) is 31.0. The lowest BCUT2D eigenvalue weighted by atomic mass is 10.1. The van der Waals surface area contributed by atoms with E-state index in [1.54, 1.807) is 0 Å². The Morgan fingerprint density at radius 2 is 0.667 bits per heavy atom. The average molecular weight is 879 g/mol. The highest BCUT2D eigenvalue weighted by molar-refractivity contribution is 5.71. The van der Waals surface area contributed by atoms with Gasteiger partial charge in [-0.3, -0.25) is 14.4 Å². The Morgan fingerprint density at radius 1 is 0.349 bits per heavy atom. The van der Waals surface area contributed by atoms with E-state index in [1.165, 1.54) is 103 Å². The minimum absolute atomic E-state index is 0.0850. The van der Waals surface area contributed by atoms with Crippen LogP contribution in [0, 0.1) is 0 Å². The summed E-state index contributed by atoms with van der Waals surface area (Å²) < 4.78 is 16.8. The van der Waals surface area contributed by atoms with E-state index in [2.05, 4.69) is 93.7 Å². The molecule has 0 bridgehead atoms. The molecule has 63 heavy (non-hydrogen) atoms. The molecule has 0 fully saturated rings. The number of rotatable bonds is 47.